The summed E-state index contributed by atoms with van der Waals surface area (Å²) in [6.07, 6.45) is 0.571. The van der Waals surface area contributed by atoms with Gasteiger partial charge in [0.15, 0.2) is 0 Å². The standard InChI is InChI=1S/C15H15BrO2S2/c1-18-12-3-2-9(6-11(12)16)15(17)14-7-10-8-19-5-4-13(10)20-14/h2-3,6-7,15,17H,4-5,8H2,1H3. The van der Waals surface area contributed by atoms with Crippen molar-refractivity contribution in [2.75, 3.05) is 12.9 Å². The minimum atomic E-state index is -0.558. The van der Waals surface area contributed by atoms with Crippen molar-refractivity contribution < 1.29 is 9.84 Å². The van der Waals surface area contributed by atoms with Crippen LogP contribution in [0.4, 0.5) is 0 Å². The van der Waals surface area contributed by atoms with Gasteiger partial charge in [-0.15, -0.1) is 11.3 Å². The molecule has 1 N–H and O–H groups in total. The molecule has 0 radical (unpaired) electrons. The van der Waals surface area contributed by atoms with E-state index in [1.807, 2.05) is 30.0 Å². The largest absolute Gasteiger partial charge is 0.496 e. The maximum absolute atomic E-state index is 10.6. The second-order valence-electron chi connectivity index (χ2n) is 4.70. The van der Waals surface area contributed by atoms with Crippen molar-refractivity contribution in [1.82, 2.24) is 0 Å². The van der Waals surface area contributed by atoms with E-state index in [9.17, 15) is 5.11 Å². The number of aryl methyl sites for hydroxylation is 1. The van der Waals surface area contributed by atoms with E-state index >= 15 is 0 Å². The topological polar surface area (TPSA) is 29.5 Å². The van der Waals surface area contributed by atoms with Crippen LogP contribution in [0.2, 0.25) is 0 Å². The molecular weight excluding hydrogens is 356 g/mol. The quantitative estimate of drug-likeness (QED) is 0.868. The van der Waals surface area contributed by atoms with Gasteiger partial charge in [0.2, 0.25) is 0 Å². The molecule has 1 aliphatic rings. The van der Waals surface area contributed by atoms with Crippen molar-refractivity contribution in [1.29, 1.82) is 0 Å². The lowest BCUT2D eigenvalue weighted by Gasteiger charge is -2.11. The lowest BCUT2D eigenvalue weighted by Crippen LogP contribution is -1.98. The summed E-state index contributed by atoms with van der Waals surface area (Å²) in [5.41, 5.74) is 2.29. The molecule has 2 aromatic rings. The SMILES string of the molecule is COc1ccc(C(O)c2cc3c(s2)CCSC3)cc1Br. The fourth-order valence-electron chi connectivity index (χ4n) is 2.32. The van der Waals surface area contributed by atoms with E-state index in [2.05, 4.69) is 22.0 Å². The Bertz CT molecular complexity index is 601. The second kappa shape index (κ2) is 6.10. The van der Waals surface area contributed by atoms with Crippen molar-refractivity contribution in [3.05, 3.63) is 49.6 Å². The van der Waals surface area contributed by atoms with Gasteiger partial charge in [0.25, 0.3) is 0 Å². The number of thioether (sulfide) groups is 1. The predicted molar refractivity (Wildman–Crippen MR) is 88.9 cm³/mol. The van der Waals surface area contributed by atoms with Crippen LogP contribution in [0.15, 0.2) is 28.7 Å². The van der Waals surface area contributed by atoms with Gasteiger partial charge in [-0.25, -0.2) is 0 Å². The van der Waals surface area contributed by atoms with E-state index in [4.69, 9.17) is 4.74 Å². The van der Waals surface area contributed by atoms with E-state index in [0.29, 0.717) is 0 Å². The fraction of sp³-hybridized carbons (Fsp3) is 0.333. The highest BCUT2D eigenvalue weighted by Crippen LogP contribution is 2.37. The summed E-state index contributed by atoms with van der Waals surface area (Å²) in [4.78, 5) is 2.47. The molecular formula is C15H15BrO2S2. The minimum Gasteiger partial charge on any atom is -0.496 e. The molecule has 106 valence electrons. The summed E-state index contributed by atoms with van der Waals surface area (Å²) in [6.45, 7) is 0. The van der Waals surface area contributed by atoms with Crippen LogP contribution < -0.4 is 4.74 Å². The van der Waals surface area contributed by atoms with E-state index in [1.54, 1.807) is 18.4 Å². The van der Waals surface area contributed by atoms with E-state index < -0.39 is 6.10 Å². The molecule has 20 heavy (non-hydrogen) atoms. The number of hydrogen-bond acceptors (Lipinski definition) is 4. The molecule has 0 saturated heterocycles. The van der Waals surface area contributed by atoms with Gasteiger partial charge in [0, 0.05) is 15.5 Å². The number of rotatable bonds is 3. The van der Waals surface area contributed by atoms with Gasteiger partial charge < -0.3 is 9.84 Å². The molecule has 0 saturated carbocycles. The molecule has 1 unspecified atom stereocenters. The Hall–Kier alpha value is -0.490. The number of methoxy groups -OCH3 is 1. The zero-order chi connectivity index (χ0) is 14.1. The molecule has 0 fully saturated rings. The fourth-order valence-corrected chi connectivity index (χ4v) is 5.27. The Balaban J connectivity index is 1.90. The van der Waals surface area contributed by atoms with Gasteiger partial charge in [0.1, 0.15) is 11.9 Å². The average Bonchev–Trinajstić information content (AvgIpc) is 2.90. The Kier molecular flexibility index (Phi) is 4.40. The lowest BCUT2D eigenvalue weighted by molar-refractivity contribution is 0.224. The third-order valence-electron chi connectivity index (χ3n) is 3.41. The smallest absolute Gasteiger partial charge is 0.133 e. The first-order valence-electron chi connectivity index (χ1n) is 6.39. The van der Waals surface area contributed by atoms with Gasteiger partial charge in [-0.1, -0.05) is 6.07 Å². The number of halogens is 1. The maximum atomic E-state index is 10.6. The van der Waals surface area contributed by atoms with Crippen LogP contribution in [0.5, 0.6) is 5.75 Å². The zero-order valence-corrected chi connectivity index (χ0v) is 14.3. The Morgan fingerprint density at radius 2 is 2.20 bits per heavy atom. The molecule has 0 amide bonds. The number of benzene rings is 1. The van der Waals surface area contributed by atoms with Gasteiger partial charge in [-0.2, -0.15) is 11.8 Å². The number of hydrogen-bond donors (Lipinski definition) is 1. The summed E-state index contributed by atoms with van der Waals surface area (Å²) in [6, 6.07) is 7.89. The second-order valence-corrected chi connectivity index (χ2v) is 7.82. The third-order valence-corrected chi connectivity index (χ3v) is 6.32. The molecule has 2 heterocycles. The first-order valence-corrected chi connectivity index (χ1v) is 9.16. The molecule has 1 atom stereocenters. The number of thiophene rings is 1. The van der Waals surface area contributed by atoms with Crippen LogP contribution in [0.3, 0.4) is 0 Å². The maximum Gasteiger partial charge on any atom is 0.133 e. The predicted octanol–water partition coefficient (Wildman–Crippen LogP) is 4.39. The first kappa shape index (κ1) is 14.4. The minimum absolute atomic E-state index is 0.558. The molecule has 0 aliphatic carbocycles. The molecule has 1 aromatic carbocycles. The molecule has 0 spiro atoms. The highest BCUT2D eigenvalue weighted by atomic mass is 79.9. The third kappa shape index (κ3) is 2.77. The Labute approximate surface area is 135 Å². The Morgan fingerprint density at radius 1 is 1.35 bits per heavy atom. The van der Waals surface area contributed by atoms with Crippen molar-refractivity contribution in [2.45, 2.75) is 18.3 Å². The number of aliphatic hydroxyl groups excluding tert-OH is 1. The summed E-state index contributed by atoms with van der Waals surface area (Å²) in [7, 11) is 1.64. The average molecular weight is 371 g/mol. The van der Waals surface area contributed by atoms with Gasteiger partial charge in [-0.05, 0) is 57.4 Å². The molecule has 3 rings (SSSR count). The van der Waals surface area contributed by atoms with E-state index in [0.717, 1.165) is 32.8 Å². The van der Waals surface area contributed by atoms with Crippen LogP contribution in [-0.2, 0) is 12.2 Å². The Morgan fingerprint density at radius 3 is 2.90 bits per heavy atom. The van der Waals surface area contributed by atoms with E-state index in [1.165, 1.54) is 16.2 Å². The molecule has 1 aliphatic heterocycles. The zero-order valence-electron chi connectivity index (χ0n) is 11.1. The van der Waals surface area contributed by atoms with Gasteiger partial charge in [0.05, 0.1) is 11.6 Å². The molecule has 0 bridgehead atoms. The monoisotopic (exact) mass is 370 g/mol. The number of ether oxygens (including phenoxy) is 1. The normalized spacial score (nSPS) is 15.8. The summed E-state index contributed by atoms with van der Waals surface area (Å²) in [5, 5.41) is 10.6. The van der Waals surface area contributed by atoms with Gasteiger partial charge >= 0.3 is 0 Å². The van der Waals surface area contributed by atoms with Crippen LogP contribution in [0.25, 0.3) is 0 Å². The highest BCUT2D eigenvalue weighted by molar-refractivity contribution is 9.10. The summed E-state index contributed by atoms with van der Waals surface area (Å²) >= 11 is 7.18. The van der Waals surface area contributed by atoms with Crippen LogP contribution in [0, 0.1) is 0 Å². The number of aliphatic hydroxyl groups is 1. The van der Waals surface area contributed by atoms with Crippen LogP contribution in [0.1, 0.15) is 27.0 Å². The van der Waals surface area contributed by atoms with Crippen molar-refractivity contribution in [3.63, 3.8) is 0 Å². The molecule has 1 aromatic heterocycles. The lowest BCUT2D eigenvalue weighted by atomic mass is 10.1. The van der Waals surface area contributed by atoms with Crippen molar-refractivity contribution in [3.8, 4) is 5.75 Å². The van der Waals surface area contributed by atoms with Crippen molar-refractivity contribution >= 4 is 39.0 Å². The summed E-state index contributed by atoms with van der Waals surface area (Å²) in [5.74, 6) is 3.05. The molecule has 5 heteroatoms. The van der Waals surface area contributed by atoms with Crippen LogP contribution in [-0.4, -0.2) is 18.0 Å². The van der Waals surface area contributed by atoms with Crippen molar-refractivity contribution in [2.24, 2.45) is 0 Å². The van der Waals surface area contributed by atoms with E-state index in [-0.39, 0.29) is 0 Å². The number of fused-ring (bicyclic) bond motifs is 1. The highest BCUT2D eigenvalue weighted by Gasteiger charge is 2.19. The van der Waals surface area contributed by atoms with Crippen LogP contribution >= 0.6 is 39.0 Å². The first-order chi connectivity index (χ1) is 9.69. The molecule has 2 nitrogen and oxygen atoms in total. The van der Waals surface area contributed by atoms with Gasteiger partial charge in [-0.3, -0.25) is 0 Å². The summed E-state index contributed by atoms with van der Waals surface area (Å²) < 4.78 is 6.09.